The predicted octanol–water partition coefficient (Wildman–Crippen LogP) is 3.60. The molecule has 0 saturated carbocycles. The van der Waals surface area contributed by atoms with Crippen molar-refractivity contribution in [2.75, 3.05) is 10.6 Å². The molecule has 0 fully saturated rings. The zero-order valence-electron chi connectivity index (χ0n) is 14.5. The number of pyridine rings is 2. The highest BCUT2D eigenvalue weighted by Gasteiger charge is 2.14. The van der Waals surface area contributed by atoms with Crippen molar-refractivity contribution in [3.8, 4) is 0 Å². The number of amides is 2. The summed E-state index contributed by atoms with van der Waals surface area (Å²) in [4.78, 5) is 32.8. The molecule has 0 spiro atoms. The van der Waals surface area contributed by atoms with Crippen LogP contribution >= 0.6 is 0 Å². The molecular weight excluding hydrogens is 328 g/mol. The zero-order chi connectivity index (χ0) is 18.5. The summed E-state index contributed by atoms with van der Waals surface area (Å²) in [5.41, 5.74) is 3.95. The van der Waals surface area contributed by atoms with E-state index < -0.39 is 0 Å². The second kappa shape index (κ2) is 7.57. The molecular formula is C20H18N4O2. The maximum Gasteiger partial charge on any atom is 0.257 e. The second-order valence-electron chi connectivity index (χ2n) is 5.87. The van der Waals surface area contributed by atoms with E-state index in [9.17, 15) is 9.59 Å². The van der Waals surface area contributed by atoms with Crippen molar-refractivity contribution in [2.45, 2.75) is 13.8 Å². The van der Waals surface area contributed by atoms with Gasteiger partial charge in [0.15, 0.2) is 0 Å². The highest BCUT2D eigenvalue weighted by molar-refractivity contribution is 6.10. The lowest BCUT2D eigenvalue weighted by Crippen LogP contribution is -2.17. The van der Waals surface area contributed by atoms with E-state index in [1.807, 2.05) is 26.0 Å². The van der Waals surface area contributed by atoms with Gasteiger partial charge in [0, 0.05) is 24.8 Å². The number of nitrogens with zero attached hydrogens (tertiary/aromatic N) is 2. The molecule has 0 aliphatic heterocycles. The Morgan fingerprint density at radius 2 is 1.19 bits per heavy atom. The van der Waals surface area contributed by atoms with Gasteiger partial charge in [0.25, 0.3) is 11.8 Å². The molecule has 0 unspecified atom stereocenters. The van der Waals surface area contributed by atoms with Gasteiger partial charge >= 0.3 is 0 Å². The number of nitrogens with one attached hydrogen (secondary N) is 2. The Labute approximate surface area is 151 Å². The normalized spacial score (nSPS) is 10.2. The number of hydrogen-bond acceptors (Lipinski definition) is 4. The van der Waals surface area contributed by atoms with Gasteiger partial charge in [-0.2, -0.15) is 0 Å². The summed E-state index contributed by atoms with van der Waals surface area (Å²) in [7, 11) is 0. The number of benzene rings is 1. The summed E-state index contributed by atoms with van der Waals surface area (Å²) < 4.78 is 0. The average Bonchev–Trinajstić information content (AvgIpc) is 2.67. The van der Waals surface area contributed by atoms with Crippen molar-refractivity contribution >= 4 is 23.2 Å². The minimum atomic E-state index is -0.293. The van der Waals surface area contributed by atoms with Crippen molar-refractivity contribution in [1.29, 1.82) is 0 Å². The van der Waals surface area contributed by atoms with Gasteiger partial charge in [-0.05, 0) is 61.4 Å². The first kappa shape index (κ1) is 17.3. The van der Waals surface area contributed by atoms with Crippen LogP contribution in [0.15, 0.2) is 61.2 Å². The van der Waals surface area contributed by atoms with Crippen molar-refractivity contribution in [1.82, 2.24) is 9.97 Å². The van der Waals surface area contributed by atoms with E-state index >= 15 is 0 Å². The number of carbonyl (C=O) groups excluding carboxylic acids is 2. The number of aromatic nitrogens is 2. The van der Waals surface area contributed by atoms with Gasteiger partial charge in [-0.25, -0.2) is 0 Å². The molecule has 6 nitrogen and oxygen atoms in total. The summed E-state index contributed by atoms with van der Waals surface area (Å²) in [6, 6.07) is 10.4. The van der Waals surface area contributed by atoms with Crippen LogP contribution in [0.2, 0.25) is 0 Å². The Kier molecular flexibility index (Phi) is 5.03. The van der Waals surface area contributed by atoms with E-state index in [0.717, 1.165) is 11.1 Å². The molecule has 6 heteroatoms. The molecule has 1 aromatic carbocycles. The molecule has 2 aromatic heterocycles. The molecule has 0 aliphatic rings. The maximum atomic E-state index is 12.4. The van der Waals surface area contributed by atoms with Crippen LogP contribution in [0.3, 0.4) is 0 Å². The molecule has 2 amide bonds. The van der Waals surface area contributed by atoms with Gasteiger partial charge < -0.3 is 10.6 Å². The summed E-state index contributed by atoms with van der Waals surface area (Å²) in [6.07, 6.45) is 6.19. The number of carbonyl (C=O) groups is 2. The van der Waals surface area contributed by atoms with E-state index in [0.29, 0.717) is 22.5 Å². The molecule has 3 rings (SSSR count). The number of aryl methyl sites for hydroxylation is 2. The minimum absolute atomic E-state index is 0.293. The van der Waals surface area contributed by atoms with Crippen LogP contribution in [-0.4, -0.2) is 21.8 Å². The topological polar surface area (TPSA) is 84.0 Å². The van der Waals surface area contributed by atoms with Gasteiger partial charge in [-0.1, -0.05) is 0 Å². The fraction of sp³-hybridized carbons (Fsp3) is 0.100. The summed E-state index contributed by atoms with van der Waals surface area (Å²) in [5.74, 6) is -0.587. The Hall–Kier alpha value is -3.54. The SMILES string of the molecule is Cc1cc(NC(=O)c2cccnc2)c(NC(=O)c2cccnc2)cc1C. The number of rotatable bonds is 4. The lowest BCUT2D eigenvalue weighted by Gasteiger charge is -2.15. The van der Waals surface area contributed by atoms with Gasteiger partial charge in [0.2, 0.25) is 0 Å². The van der Waals surface area contributed by atoms with Crippen molar-refractivity contribution < 1.29 is 9.59 Å². The van der Waals surface area contributed by atoms with Crippen molar-refractivity contribution in [2.24, 2.45) is 0 Å². The Morgan fingerprint density at radius 3 is 1.54 bits per heavy atom. The lowest BCUT2D eigenvalue weighted by molar-refractivity contribution is 0.101. The van der Waals surface area contributed by atoms with Crippen LogP contribution < -0.4 is 10.6 Å². The van der Waals surface area contributed by atoms with Gasteiger partial charge in [-0.15, -0.1) is 0 Å². The monoisotopic (exact) mass is 346 g/mol. The van der Waals surface area contributed by atoms with E-state index in [1.165, 1.54) is 12.4 Å². The van der Waals surface area contributed by atoms with Crippen LogP contribution in [0.5, 0.6) is 0 Å². The molecule has 0 radical (unpaired) electrons. The molecule has 0 saturated heterocycles. The molecule has 3 aromatic rings. The van der Waals surface area contributed by atoms with Gasteiger partial charge in [0.1, 0.15) is 0 Å². The molecule has 0 atom stereocenters. The third-order valence-electron chi connectivity index (χ3n) is 3.98. The number of anilines is 2. The summed E-state index contributed by atoms with van der Waals surface area (Å²) in [5, 5.41) is 5.68. The van der Waals surface area contributed by atoms with E-state index in [4.69, 9.17) is 0 Å². The van der Waals surface area contributed by atoms with Gasteiger partial charge in [-0.3, -0.25) is 19.6 Å². The molecule has 2 heterocycles. The van der Waals surface area contributed by atoms with Crippen LogP contribution in [0, 0.1) is 13.8 Å². The summed E-state index contributed by atoms with van der Waals surface area (Å²) >= 11 is 0. The van der Waals surface area contributed by atoms with Gasteiger partial charge in [0.05, 0.1) is 22.5 Å². The van der Waals surface area contributed by atoms with E-state index in [1.54, 1.807) is 36.7 Å². The predicted molar refractivity (Wildman–Crippen MR) is 100 cm³/mol. The average molecular weight is 346 g/mol. The van der Waals surface area contributed by atoms with Crippen LogP contribution in [0.1, 0.15) is 31.8 Å². The van der Waals surface area contributed by atoms with Crippen LogP contribution in [0.25, 0.3) is 0 Å². The zero-order valence-corrected chi connectivity index (χ0v) is 14.5. The standard InChI is InChI=1S/C20H18N4O2/c1-13-9-17(23-19(25)15-5-3-7-21-11-15)18(10-14(13)2)24-20(26)16-6-4-8-22-12-16/h3-12H,1-2H3,(H,23,25)(H,24,26). The van der Waals surface area contributed by atoms with E-state index in [-0.39, 0.29) is 11.8 Å². The molecule has 0 bridgehead atoms. The number of hydrogen-bond donors (Lipinski definition) is 2. The summed E-state index contributed by atoms with van der Waals surface area (Å²) in [6.45, 7) is 3.89. The highest BCUT2D eigenvalue weighted by atomic mass is 16.2. The Bertz CT molecular complexity index is 862. The highest BCUT2D eigenvalue weighted by Crippen LogP contribution is 2.27. The third kappa shape index (κ3) is 3.92. The molecule has 130 valence electrons. The smallest absolute Gasteiger partial charge is 0.257 e. The molecule has 2 N–H and O–H groups in total. The first-order valence-corrected chi connectivity index (χ1v) is 8.08. The Balaban J connectivity index is 1.89. The van der Waals surface area contributed by atoms with Crippen molar-refractivity contribution in [3.63, 3.8) is 0 Å². The van der Waals surface area contributed by atoms with Crippen LogP contribution in [-0.2, 0) is 0 Å². The molecule has 26 heavy (non-hydrogen) atoms. The van der Waals surface area contributed by atoms with Crippen molar-refractivity contribution in [3.05, 3.63) is 83.4 Å². The van der Waals surface area contributed by atoms with E-state index in [2.05, 4.69) is 20.6 Å². The first-order valence-electron chi connectivity index (χ1n) is 8.08. The fourth-order valence-electron chi connectivity index (χ4n) is 2.41. The van der Waals surface area contributed by atoms with Crippen LogP contribution in [0.4, 0.5) is 11.4 Å². The second-order valence-corrected chi connectivity index (χ2v) is 5.87. The lowest BCUT2D eigenvalue weighted by atomic mass is 10.1. The Morgan fingerprint density at radius 1 is 0.769 bits per heavy atom. The minimum Gasteiger partial charge on any atom is -0.320 e. The fourth-order valence-corrected chi connectivity index (χ4v) is 2.41. The quantitative estimate of drug-likeness (QED) is 0.756. The largest absolute Gasteiger partial charge is 0.320 e. The maximum absolute atomic E-state index is 12.4. The third-order valence-corrected chi connectivity index (χ3v) is 3.98. The molecule has 0 aliphatic carbocycles. The first-order chi connectivity index (χ1) is 12.5.